The third kappa shape index (κ3) is 3.09. The lowest BCUT2D eigenvalue weighted by atomic mass is 10.2. The highest BCUT2D eigenvalue weighted by atomic mass is 35.5. The van der Waals surface area contributed by atoms with Crippen LogP contribution < -0.4 is 0 Å². The van der Waals surface area contributed by atoms with Crippen molar-refractivity contribution in [2.45, 2.75) is 25.4 Å². The van der Waals surface area contributed by atoms with Crippen molar-refractivity contribution in [1.29, 1.82) is 0 Å². The molecule has 1 aromatic carbocycles. The van der Waals surface area contributed by atoms with E-state index in [9.17, 15) is 4.39 Å². The zero-order chi connectivity index (χ0) is 11.5. The molecule has 16 heavy (non-hydrogen) atoms. The first kappa shape index (κ1) is 12.2. The highest BCUT2D eigenvalue weighted by Crippen LogP contribution is 2.29. The Morgan fingerprint density at radius 2 is 2.12 bits per heavy atom. The van der Waals surface area contributed by atoms with Gasteiger partial charge in [0.2, 0.25) is 0 Å². The second kappa shape index (κ2) is 5.35. The Hall–Kier alpha value is -0.310. The molecule has 1 fully saturated rings. The fraction of sp³-hybridized carbons (Fsp3) is 0.500. The van der Waals surface area contributed by atoms with Crippen LogP contribution in [0.2, 0.25) is 5.02 Å². The predicted molar refractivity (Wildman–Crippen MR) is 65.6 cm³/mol. The van der Waals surface area contributed by atoms with Gasteiger partial charge in [-0.1, -0.05) is 11.6 Å². The Morgan fingerprint density at radius 1 is 1.38 bits per heavy atom. The van der Waals surface area contributed by atoms with Gasteiger partial charge >= 0.3 is 0 Å². The van der Waals surface area contributed by atoms with Crippen LogP contribution in [-0.2, 0) is 6.54 Å². The molecular weight excluding hydrogens is 248 g/mol. The van der Waals surface area contributed by atoms with Crippen molar-refractivity contribution >= 4 is 23.2 Å². The van der Waals surface area contributed by atoms with E-state index in [0.29, 0.717) is 29.1 Å². The number of rotatable bonds is 5. The van der Waals surface area contributed by atoms with E-state index in [4.69, 9.17) is 23.2 Å². The van der Waals surface area contributed by atoms with Crippen molar-refractivity contribution in [2.75, 3.05) is 12.4 Å². The quantitative estimate of drug-likeness (QED) is 0.731. The van der Waals surface area contributed by atoms with Crippen molar-refractivity contribution in [3.63, 3.8) is 0 Å². The summed E-state index contributed by atoms with van der Waals surface area (Å²) < 4.78 is 13.5. The van der Waals surface area contributed by atoms with Crippen LogP contribution in [0.4, 0.5) is 4.39 Å². The van der Waals surface area contributed by atoms with E-state index >= 15 is 0 Å². The minimum Gasteiger partial charge on any atom is -0.295 e. The molecule has 4 heteroatoms. The molecule has 0 aromatic heterocycles. The van der Waals surface area contributed by atoms with E-state index < -0.39 is 0 Å². The van der Waals surface area contributed by atoms with Gasteiger partial charge < -0.3 is 0 Å². The Balaban J connectivity index is 2.08. The lowest BCUT2D eigenvalue weighted by molar-refractivity contribution is 0.267. The van der Waals surface area contributed by atoms with Crippen LogP contribution in [0.25, 0.3) is 0 Å². The molecule has 1 aromatic rings. The van der Waals surface area contributed by atoms with Crippen LogP contribution in [0.15, 0.2) is 18.2 Å². The summed E-state index contributed by atoms with van der Waals surface area (Å²) in [6.45, 7) is 1.40. The summed E-state index contributed by atoms with van der Waals surface area (Å²) in [5, 5.41) is 0.582. The number of benzene rings is 1. The van der Waals surface area contributed by atoms with Crippen LogP contribution in [0, 0.1) is 5.82 Å². The number of halogens is 3. The molecule has 88 valence electrons. The van der Waals surface area contributed by atoms with E-state index in [1.54, 1.807) is 12.1 Å². The van der Waals surface area contributed by atoms with Gasteiger partial charge in [-0.15, -0.1) is 11.6 Å². The lowest BCUT2D eigenvalue weighted by Gasteiger charge is -2.21. The molecular formula is C12H14Cl2FN. The van der Waals surface area contributed by atoms with Gasteiger partial charge in [-0.2, -0.15) is 0 Å². The van der Waals surface area contributed by atoms with Gasteiger partial charge in [0, 0.05) is 35.6 Å². The SMILES string of the molecule is Fc1ccc(Cl)cc1CN(CCCl)C1CC1. The van der Waals surface area contributed by atoms with Crippen LogP contribution in [0.3, 0.4) is 0 Å². The van der Waals surface area contributed by atoms with Crippen molar-refractivity contribution in [1.82, 2.24) is 4.90 Å². The van der Waals surface area contributed by atoms with Crippen LogP contribution in [0.1, 0.15) is 18.4 Å². The summed E-state index contributed by atoms with van der Waals surface area (Å²) in [7, 11) is 0. The molecule has 0 heterocycles. The molecule has 1 saturated carbocycles. The molecule has 0 aliphatic heterocycles. The monoisotopic (exact) mass is 261 g/mol. The third-order valence-corrected chi connectivity index (χ3v) is 3.22. The first-order chi connectivity index (χ1) is 7.70. The summed E-state index contributed by atoms with van der Waals surface area (Å²) in [5.41, 5.74) is 0.657. The van der Waals surface area contributed by atoms with Gasteiger partial charge in [0.05, 0.1) is 0 Å². The highest BCUT2D eigenvalue weighted by molar-refractivity contribution is 6.30. The standard InChI is InChI=1S/C12H14Cl2FN/c13-5-6-16(11-2-3-11)8-9-7-10(14)1-4-12(9)15/h1,4,7,11H,2-3,5-6,8H2. The molecule has 1 nitrogen and oxygen atoms in total. The maximum absolute atomic E-state index is 13.5. The molecule has 0 radical (unpaired) electrons. The fourth-order valence-corrected chi connectivity index (χ4v) is 2.23. The lowest BCUT2D eigenvalue weighted by Crippen LogP contribution is -2.28. The third-order valence-electron chi connectivity index (χ3n) is 2.82. The molecule has 0 bridgehead atoms. The maximum Gasteiger partial charge on any atom is 0.127 e. The van der Waals surface area contributed by atoms with E-state index in [1.807, 2.05) is 0 Å². The summed E-state index contributed by atoms with van der Waals surface area (Å²) in [5.74, 6) is 0.392. The van der Waals surface area contributed by atoms with Crippen molar-refractivity contribution < 1.29 is 4.39 Å². The minimum atomic E-state index is -0.190. The van der Waals surface area contributed by atoms with E-state index in [0.717, 1.165) is 6.54 Å². The van der Waals surface area contributed by atoms with Gasteiger partial charge in [-0.25, -0.2) is 4.39 Å². The van der Waals surface area contributed by atoms with E-state index in [1.165, 1.54) is 18.9 Å². The molecule has 0 N–H and O–H groups in total. The second-order valence-electron chi connectivity index (χ2n) is 4.13. The van der Waals surface area contributed by atoms with Crippen molar-refractivity contribution in [3.8, 4) is 0 Å². The largest absolute Gasteiger partial charge is 0.295 e. The smallest absolute Gasteiger partial charge is 0.127 e. The Labute approximate surface area is 105 Å². The fourth-order valence-electron chi connectivity index (χ4n) is 1.82. The van der Waals surface area contributed by atoms with Gasteiger partial charge in [0.25, 0.3) is 0 Å². The van der Waals surface area contributed by atoms with Crippen LogP contribution in [0.5, 0.6) is 0 Å². The molecule has 1 aliphatic rings. The second-order valence-corrected chi connectivity index (χ2v) is 4.94. The van der Waals surface area contributed by atoms with Crippen LogP contribution >= 0.6 is 23.2 Å². The van der Waals surface area contributed by atoms with Gasteiger partial charge in [0.15, 0.2) is 0 Å². The number of nitrogens with zero attached hydrogens (tertiary/aromatic N) is 1. The molecule has 0 saturated heterocycles. The van der Waals surface area contributed by atoms with Crippen molar-refractivity contribution in [3.05, 3.63) is 34.6 Å². The summed E-state index contributed by atoms with van der Waals surface area (Å²) in [6.07, 6.45) is 2.39. The average Bonchev–Trinajstić information content (AvgIpc) is 3.06. The molecule has 2 rings (SSSR count). The summed E-state index contributed by atoms with van der Waals surface area (Å²) in [6, 6.07) is 5.27. The molecule has 0 spiro atoms. The Bertz CT molecular complexity index is 366. The molecule has 1 aliphatic carbocycles. The highest BCUT2D eigenvalue weighted by Gasteiger charge is 2.28. The first-order valence-electron chi connectivity index (χ1n) is 5.44. The topological polar surface area (TPSA) is 3.24 Å². The Morgan fingerprint density at radius 3 is 2.75 bits per heavy atom. The zero-order valence-electron chi connectivity index (χ0n) is 8.93. The normalized spacial score (nSPS) is 15.8. The van der Waals surface area contributed by atoms with Gasteiger partial charge in [0.1, 0.15) is 5.82 Å². The molecule has 0 unspecified atom stereocenters. The van der Waals surface area contributed by atoms with Crippen molar-refractivity contribution in [2.24, 2.45) is 0 Å². The minimum absolute atomic E-state index is 0.190. The zero-order valence-corrected chi connectivity index (χ0v) is 10.4. The number of alkyl halides is 1. The van der Waals surface area contributed by atoms with Crippen LogP contribution in [-0.4, -0.2) is 23.4 Å². The van der Waals surface area contributed by atoms with E-state index in [-0.39, 0.29) is 5.82 Å². The maximum atomic E-state index is 13.5. The number of hydrogen-bond acceptors (Lipinski definition) is 1. The summed E-state index contributed by atoms with van der Waals surface area (Å²) in [4.78, 5) is 2.22. The van der Waals surface area contributed by atoms with E-state index in [2.05, 4.69) is 4.90 Å². The summed E-state index contributed by atoms with van der Waals surface area (Å²) >= 11 is 11.6. The van der Waals surface area contributed by atoms with Gasteiger partial charge in [-0.05, 0) is 31.0 Å². The Kier molecular flexibility index (Phi) is 4.06. The molecule has 0 amide bonds. The van der Waals surface area contributed by atoms with Gasteiger partial charge in [-0.3, -0.25) is 4.90 Å². The predicted octanol–water partition coefficient (Wildman–Crippen LogP) is 3.68. The average molecular weight is 262 g/mol. The molecule has 0 atom stereocenters. The number of hydrogen-bond donors (Lipinski definition) is 0. The first-order valence-corrected chi connectivity index (χ1v) is 6.36.